The first-order chi connectivity index (χ1) is 9.76. The molecule has 108 valence electrons. The highest BCUT2D eigenvalue weighted by Gasteiger charge is 2.21. The van der Waals surface area contributed by atoms with Crippen LogP contribution in [0.5, 0.6) is 5.75 Å². The zero-order valence-electron chi connectivity index (χ0n) is 12.1. The molecule has 0 saturated heterocycles. The molecule has 0 fully saturated rings. The van der Waals surface area contributed by atoms with E-state index in [2.05, 4.69) is 10.3 Å². The minimum Gasteiger partial charge on any atom is -0.497 e. The van der Waals surface area contributed by atoms with E-state index in [1.165, 1.54) is 0 Å². The monoisotopic (exact) mass is 275 g/mol. The fraction of sp³-hybridized carbons (Fsp3) is 0.467. The second-order valence-electron chi connectivity index (χ2n) is 4.70. The summed E-state index contributed by atoms with van der Waals surface area (Å²) in [5.74, 6) is 1.61. The highest BCUT2D eigenvalue weighted by molar-refractivity contribution is 6.16. The van der Waals surface area contributed by atoms with Crippen molar-refractivity contribution < 1.29 is 9.53 Å². The van der Waals surface area contributed by atoms with Gasteiger partial charge in [0, 0.05) is 20.0 Å². The number of benzene rings is 1. The number of nitrogens with zero attached hydrogens (tertiary/aromatic N) is 2. The first kappa shape index (κ1) is 14.4. The van der Waals surface area contributed by atoms with Crippen molar-refractivity contribution in [3.63, 3.8) is 0 Å². The van der Waals surface area contributed by atoms with Crippen molar-refractivity contribution in [3.8, 4) is 5.75 Å². The summed E-state index contributed by atoms with van der Waals surface area (Å²) in [6.07, 6.45) is 4.16. The maximum Gasteiger partial charge on any atom is 0.327 e. The summed E-state index contributed by atoms with van der Waals surface area (Å²) in [6.45, 7) is 0.791. The normalized spacial score (nSPS) is 15.0. The van der Waals surface area contributed by atoms with Crippen LogP contribution in [0.25, 0.3) is 0 Å². The van der Waals surface area contributed by atoms with Crippen LogP contribution >= 0.6 is 0 Å². The molecule has 1 N–H and O–H groups in total. The Balaban J connectivity index is 2.30. The first-order valence-corrected chi connectivity index (χ1v) is 6.95. The topological polar surface area (TPSA) is 53.9 Å². The highest BCUT2D eigenvalue weighted by atomic mass is 16.5. The number of amides is 2. The molecular formula is C15H21N3O2. The molecule has 1 aromatic rings. The van der Waals surface area contributed by atoms with E-state index in [4.69, 9.17) is 4.74 Å². The van der Waals surface area contributed by atoms with Crippen molar-refractivity contribution in [1.82, 2.24) is 5.32 Å². The molecule has 1 aliphatic heterocycles. The molecule has 0 radical (unpaired) electrons. The van der Waals surface area contributed by atoms with Gasteiger partial charge in [-0.1, -0.05) is 6.42 Å². The molecule has 1 heterocycles. The van der Waals surface area contributed by atoms with Gasteiger partial charge in [-0.3, -0.25) is 9.89 Å². The molecule has 0 bridgehead atoms. The number of anilines is 1. The van der Waals surface area contributed by atoms with Crippen LogP contribution in [-0.4, -0.2) is 32.6 Å². The van der Waals surface area contributed by atoms with Crippen molar-refractivity contribution in [2.24, 2.45) is 4.99 Å². The number of methoxy groups -OCH3 is 1. The molecule has 2 rings (SSSR count). The summed E-state index contributed by atoms with van der Waals surface area (Å²) in [4.78, 5) is 18.4. The number of hydrogen-bond acceptors (Lipinski definition) is 3. The highest BCUT2D eigenvalue weighted by Crippen LogP contribution is 2.22. The quantitative estimate of drug-likeness (QED) is 0.902. The van der Waals surface area contributed by atoms with Gasteiger partial charge in [0.05, 0.1) is 12.8 Å². The Kier molecular flexibility index (Phi) is 4.98. The van der Waals surface area contributed by atoms with Gasteiger partial charge in [-0.2, -0.15) is 0 Å². The summed E-state index contributed by atoms with van der Waals surface area (Å²) in [5, 5.41) is 2.68. The molecule has 0 aromatic heterocycles. The lowest BCUT2D eigenvalue weighted by Crippen LogP contribution is -2.42. The Bertz CT molecular complexity index is 482. The molecule has 5 heteroatoms. The Morgan fingerprint density at radius 1 is 1.25 bits per heavy atom. The van der Waals surface area contributed by atoms with E-state index in [9.17, 15) is 4.79 Å². The fourth-order valence-electron chi connectivity index (χ4n) is 2.27. The molecule has 2 amide bonds. The lowest BCUT2D eigenvalue weighted by atomic mass is 10.2. The van der Waals surface area contributed by atoms with E-state index >= 15 is 0 Å². The van der Waals surface area contributed by atoms with Gasteiger partial charge in [0.2, 0.25) is 0 Å². The number of rotatable bonds is 2. The van der Waals surface area contributed by atoms with Crippen LogP contribution in [0.4, 0.5) is 10.5 Å². The standard InChI is InChI=1S/C15H21N3O2/c1-16-15(19)18(14-6-4-3-5-11-17-14)12-7-9-13(20-2)10-8-12/h7-10H,3-6,11H2,1-2H3,(H,16,19). The second-order valence-corrected chi connectivity index (χ2v) is 4.70. The van der Waals surface area contributed by atoms with E-state index in [1.807, 2.05) is 24.3 Å². The Labute approximate surface area is 119 Å². The molecule has 5 nitrogen and oxygen atoms in total. The third-order valence-corrected chi connectivity index (χ3v) is 3.36. The molecule has 0 atom stereocenters. The van der Waals surface area contributed by atoms with Crippen molar-refractivity contribution in [2.45, 2.75) is 25.7 Å². The van der Waals surface area contributed by atoms with Crippen LogP contribution in [0.3, 0.4) is 0 Å². The number of ether oxygens (including phenoxy) is 1. The lowest BCUT2D eigenvalue weighted by molar-refractivity contribution is 0.251. The van der Waals surface area contributed by atoms with Crippen LogP contribution in [0.15, 0.2) is 29.3 Å². The summed E-state index contributed by atoms with van der Waals surface area (Å²) in [7, 11) is 3.26. The maximum atomic E-state index is 12.2. The molecule has 20 heavy (non-hydrogen) atoms. The van der Waals surface area contributed by atoms with Gasteiger partial charge in [-0.15, -0.1) is 0 Å². The lowest BCUT2D eigenvalue weighted by Gasteiger charge is -2.23. The van der Waals surface area contributed by atoms with Crippen LogP contribution in [-0.2, 0) is 0 Å². The van der Waals surface area contributed by atoms with Gasteiger partial charge in [0.15, 0.2) is 0 Å². The summed E-state index contributed by atoms with van der Waals surface area (Å²) in [6, 6.07) is 7.30. The number of carbonyl (C=O) groups is 1. The number of hydrogen-bond donors (Lipinski definition) is 1. The molecule has 0 unspecified atom stereocenters. The van der Waals surface area contributed by atoms with E-state index in [0.29, 0.717) is 0 Å². The predicted molar refractivity (Wildman–Crippen MR) is 80.7 cm³/mol. The summed E-state index contributed by atoms with van der Waals surface area (Å²) < 4.78 is 5.15. The van der Waals surface area contributed by atoms with Crippen molar-refractivity contribution in [1.29, 1.82) is 0 Å². The van der Waals surface area contributed by atoms with E-state index in [0.717, 1.165) is 49.5 Å². The third-order valence-electron chi connectivity index (χ3n) is 3.36. The zero-order valence-corrected chi connectivity index (χ0v) is 12.1. The van der Waals surface area contributed by atoms with Gasteiger partial charge in [-0.05, 0) is 37.1 Å². The largest absolute Gasteiger partial charge is 0.497 e. The number of urea groups is 1. The van der Waals surface area contributed by atoms with Crippen molar-refractivity contribution in [3.05, 3.63) is 24.3 Å². The molecule has 0 aliphatic carbocycles. The summed E-state index contributed by atoms with van der Waals surface area (Å²) >= 11 is 0. The molecule has 1 aromatic carbocycles. The Morgan fingerprint density at radius 2 is 2.00 bits per heavy atom. The molecule has 0 spiro atoms. The molecule has 0 saturated carbocycles. The van der Waals surface area contributed by atoms with Crippen LogP contribution in [0.1, 0.15) is 25.7 Å². The number of nitrogens with one attached hydrogen (secondary N) is 1. The number of aliphatic imine (C=N–C) groups is 1. The minimum atomic E-state index is -0.157. The van der Waals surface area contributed by atoms with Crippen LogP contribution in [0.2, 0.25) is 0 Å². The zero-order chi connectivity index (χ0) is 14.4. The van der Waals surface area contributed by atoms with E-state index < -0.39 is 0 Å². The van der Waals surface area contributed by atoms with Crippen LogP contribution in [0, 0.1) is 0 Å². The Hall–Kier alpha value is -2.04. The molecule has 1 aliphatic rings. The second kappa shape index (κ2) is 6.93. The van der Waals surface area contributed by atoms with E-state index in [1.54, 1.807) is 19.1 Å². The third kappa shape index (κ3) is 3.29. The first-order valence-electron chi connectivity index (χ1n) is 6.95. The summed E-state index contributed by atoms with van der Waals surface area (Å²) in [5.41, 5.74) is 0.811. The van der Waals surface area contributed by atoms with Crippen molar-refractivity contribution >= 4 is 17.6 Å². The average Bonchev–Trinajstić information content (AvgIpc) is 2.77. The molecular weight excluding hydrogens is 254 g/mol. The van der Waals surface area contributed by atoms with E-state index in [-0.39, 0.29) is 6.03 Å². The van der Waals surface area contributed by atoms with Gasteiger partial charge in [0.1, 0.15) is 11.6 Å². The fourth-order valence-corrected chi connectivity index (χ4v) is 2.27. The predicted octanol–water partition coefficient (Wildman–Crippen LogP) is 2.81. The number of amidine groups is 1. The van der Waals surface area contributed by atoms with Crippen molar-refractivity contribution in [2.75, 3.05) is 25.6 Å². The SMILES string of the molecule is CNC(=O)N(C1=NCCCCC1)c1ccc(OC)cc1. The van der Waals surface area contributed by atoms with Gasteiger partial charge < -0.3 is 10.1 Å². The van der Waals surface area contributed by atoms with Gasteiger partial charge >= 0.3 is 6.03 Å². The smallest absolute Gasteiger partial charge is 0.327 e. The van der Waals surface area contributed by atoms with Crippen LogP contribution < -0.4 is 15.0 Å². The van der Waals surface area contributed by atoms with Gasteiger partial charge in [0.25, 0.3) is 0 Å². The van der Waals surface area contributed by atoms with Gasteiger partial charge in [-0.25, -0.2) is 4.79 Å². The maximum absolute atomic E-state index is 12.2. The average molecular weight is 275 g/mol. The Morgan fingerprint density at radius 3 is 2.65 bits per heavy atom. The minimum absolute atomic E-state index is 0.157. The number of carbonyl (C=O) groups excluding carboxylic acids is 1.